The first kappa shape index (κ1) is 23.3. The van der Waals surface area contributed by atoms with Gasteiger partial charge in [0.05, 0.1) is 27.0 Å². The molecule has 0 aliphatic rings. The van der Waals surface area contributed by atoms with Gasteiger partial charge in [0.1, 0.15) is 0 Å². The number of rotatable bonds is 7. The van der Waals surface area contributed by atoms with Crippen molar-refractivity contribution in [1.82, 2.24) is 16.2 Å². The second-order valence-corrected chi connectivity index (χ2v) is 9.31. The first-order valence-corrected chi connectivity index (χ1v) is 11.8. The Hall–Kier alpha value is -3.41. The highest BCUT2D eigenvalue weighted by molar-refractivity contribution is 7.92. The molecule has 3 aromatic rings. The first-order chi connectivity index (χ1) is 15.3. The van der Waals surface area contributed by atoms with Crippen LogP contribution in [0.3, 0.4) is 0 Å². The van der Waals surface area contributed by atoms with Crippen molar-refractivity contribution in [3.8, 4) is 0 Å². The highest BCUT2D eigenvalue weighted by Crippen LogP contribution is 2.24. The van der Waals surface area contributed by atoms with Gasteiger partial charge in [-0.3, -0.25) is 30.0 Å². The number of hydrogen-bond acceptors (Lipinski definition) is 6. The van der Waals surface area contributed by atoms with Gasteiger partial charge >= 0.3 is 0 Å². The van der Waals surface area contributed by atoms with E-state index in [4.69, 9.17) is 11.6 Å². The van der Waals surface area contributed by atoms with Crippen LogP contribution in [0.25, 0.3) is 0 Å². The largest absolute Gasteiger partial charge is 0.342 e. The van der Waals surface area contributed by atoms with E-state index in [0.29, 0.717) is 4.88 Å². The molecule has 1 aromatic heterocycles. The van der Waals surface area contributed by atoms with Crippen LogP contribution in [0.5, 0.6) is 0 Å². The van der Waals surface area contributed by atoms with Crippen molar-refractivity contribution in [2.75, 3.05) is 11.3 Å². The smallest absolute Gasteiger partial charge is 0.269 e. The van der Waals surface area contributed by atoms with Gasteiger partial charge in [-0.15, -0.1) is 11.3 Å². The number of hydrazine groups is 1. The van der Waals surface area contributed by atoms with E-state index < -0.39 is 27.7 Å². The summed E-state index contributed by atoms with van der Waals surface area (Å²) >= 11 is 7.22. The number of benzene rings is 2. The molecule has 0 atom stereocenters. The number of para-hydroxylation sites is 1. The maximum atomic E-state index is 12.6. The van der Waals surface area contributed by atoms with E-state index in [0.717, 1.165) is 6.07 Å². The van der Waals surface area contributed by atoms with Gasteiger partial charge in [0.2, 0.25) is 0 Å². The Bertz CT molecular complexity index is 1250. The molecule has 32 heavy (non-hydrogen) atoms. The number of thiophene rings is 1. The van der Waals surface area contributed by atoms with Gasteiger partial charge in [0, 0.05) is 5.56 Å². The summed E-state index contributed by atoms with van der Waals surface area (Å²) in [6.07, 6.45) is 0. The van der Waals surface area contributed by atoms with Crippen LogP contribution in [-0.4, -0.2) is 32.7 Å². The lowest BCUT2D eigenvalue weighted by Gasteiger charge is -2.11. The molecule has 9 nitrogen and oxygen atoms in total. The summed E-state index contributed by atoms with van der Waals surface area (Å²) in [6, 6.07) is 14.9. The van der Waals surface area contributed by atoms with Gasteiger partial charge < -0.3 is 5.32 Å². The summed E-state index contributed by atoms with van der Waals surface area (Å²) in [7, 11) is -4.01. The fourth-order valence-corrected chi connectivity index (χ4v) is 4.45. The molecule has 3 rings (SSSR count). The standard InChI is InChI=1S/C20H17ClN4O5S2/c21-15-7-1-2-8-16(15)25-32(29,30)14-6-3-5-13(11-14)19(27)24-23-18(26)12-22-20(28)17-9-4-10-31-17/h1-11,25H,12H2,(H,22,28)(H,23,26)(H,24,27). The van der Waals surface area contributed by atoms with E-state index in [1.54, 1.807) is 29.6 Å². The van der Waals surface area contributed by atoms with Gasteiger partial charge in [-0.1, -0.05) is 35.9 Å². The molecule has 0 saturated heterocycles. The van der Waals surface area contributed by atoms with Crippen molar-refractivity contribution >= 4 is 56.4 Å². The molecule has 2 aromatic carbocycles. The molecular formula is C20H17ClN4O5S2. The van der Waals surface area contributed by atoms with Gasteiger partial charge in [-0.2, -0.15) is 0 Å². The second-order valence-electron chi connectivity index (χ2n) is 6.28. The molecule has 0 aliphatic heterocycles. The van der Waals surface area contributed by atoms with Crippen LogP contribution >= 0.6 is 22.9 Å². The number of nitrogens with one attached hydrogen (secondary N) is 4. The fourth-order valence-electron chi connectivity index (χ4n) is 2.45. The molecule has 12 heteroatoms. The van der Waals surface area contributed by atoms with E-state index in [-0.39, 0.29) is 27.7 Å². The second kappa shape index (κ2) is 10.3. The number of anilines is 1. The molecule has 0 saturated carbocycles. The lowest BCUT2D eigenvalue weighted by molar-refractivity contribution is -0.120. The Morgan fingerprint density at radius 2 is 1.69 bits per heavy atom. The van der Waals surface area contributed by atoms with Crippen molar-refractivity contribution in [3.05, 3.63) is 81.5 Å². The number of carbonyl (C=O) groups excluding carboxylic acids is 3. The normalized spacial score (nSPS) is 10.8. The lowest BCUT2D eigenvalue weighted by Crippen LogP contribution is -2.46. The fraction of sp³-hybridized carbons (Fsp3) is 0.0500. The maximum absolute atomic E-state index is 12.6. The van der Waals surface area contributed by atoms with Crippen LogP contribution < -0.4 is 20.9 Å². The molecule has 0 bridgehead atoms. The molecule has 166 valence electrons. The summed E-state index contributed by atoms with van der Waals surface area (Å²) in [6.45, 7) is -0.354. The van der Waals surface area contributed by atoms with Crippen molar-refractivity contribution in [1.29, 1.82) is 0 Å². The van der Waals surface area contributed by atoms with Crippen LogP contribution in [0.15, 0.2) is 70.9 Å². The van der Waals surface area contributed by atoms with Crippen LogP contribution in [-0.2, 0) is 14.8 Å². The van der Waals surface area contributed by atoms with Gasteiger partial charge in [-0.25, -0.2) is 8.42 Å². The van der Waals surface area contributed by atoms with Crippen molar-refractivity contribution in [2.45, 2.75) is 4.90 Å². The number of halogens is 1. The Labute approximate surface area is 192 Å². The zero-order valence-corrected chi connectivity index (χ0v) is 18.7. The SMILES string of the molecule is O=C(CNC(=O)c1cccs1)NNC(=O)c1cccc(S(=O)(=O)Nc2ccccc2Cl)c1. The maximum Gasteiger partial charge on any atom is 0.269 e. The molecule has 0 radical (unpaired) electrons. The molecule has 1 heterocycles. The van der Waals surface area contributed by atoms with Crippen molar-refractivity contribution in [3.63, 3.8) is 0 Å². The quantitative estimate of drug-likeness (QED) is 0.376. The molecule has 0 spiro atoms. The van der Waals surface area contributed by atoms with Crippen LogP contribution in [0.1, 0.15) is 20.0 Å². The summed E-state index contributed by atoms with van der Waals surface area (Å²) in [5.74, 6) is -1.81. The minimum atomic E-state index is -4.01. The Balaban J connectivity index is 1.58. The van der Waals surface area contributed by atoms with Crippen molar-refractivity contribution < 1.29 is 22.8 Å². The van der Waals surface area contributed by atoms with E-state index in [1.807, 2.05) is 0 Å². The highest BCUT2D eigenvalue weighted by atomic mass is 35.5. The van der Waals surface area contributed by atoms with E-state index >= 15 is 0 Å². The zero-order chi connectivity index (χ0) is 23.1. The van der Waals surface area contributed by atoms with E-state index in [2.05, 4.69) is 20.9 Å². The predicted molar refractivity (Wildman–Crippen MR) is 121 cm³/mol. The number of hydrogen-bond donors (Lipinski definition) is 4. The van der Waals surface area contributed by atoms with Crippen molar-refractivity contribution in [2.24, 2.45) is 0 Å². The van der Waals surface area contributed by atoms with E-state index in [9.17, 15) is 22.8 Å². The summed E-state index contributed by atoms with van der Waals surface area (Å²) in [4.78, 5) is 36.3. The lowest BCUT2D eigenvalue weighted by atomic mass is 10.2. The predicted octanol–water partition coefficient (Wildman–Crippen LogP) is 2.39. The average molecular weight is 493 g/mol. The molecule has 0 aliphatic carbocycles. The number of sulfonamides is 1. The third-order valence-electron chi connectivity index (χ3n) is 3.99. The minimum Gasteiger partial charge on any atom is -0.342 e. The Morgan fingerprint density at radius 1 is 0.906 bits per heavy atom. The molecule has 4 N–H and O–H groups in total. The van der Waals surface area contributed by atoms with Gasteiger partial charge in [-0.05, 0) is 41.8 Å². The van der Waals surface area contributed by atoms with Crippen LogP contribution in [0, 0.1) is 0 Å². The number of amides is 3. The molecule has 0 fully saturated rings. The summed E-state index contributed by atoms with van der Waals surface area (Å²) in [5, 5.41) is 4.37. The van der Waals surface area contributed by atoms with Crippen LogP contribution in [0.4, 0.5) is 5.69 Å². The van der Waals surface area contributed by atoms with Crippen LogP contribution in [0.2, 0.25) is 5.02 Å². The highest BCUT2D eigenvalue weighted by Gasteiger charge is 2.18. The molecule has 3 amide bonds. The summed E-state index contributed by atoms with van der Waals surface area (Å²) < 4.78 is 27.6. The zero-order valence-electron chi connectivity index (χ0n) is 16.3. The van der Waals surface area contributed by atoms with Gasteiger partial charge in [0.25, 0.3) is 27.7 Å². The molecule has 0 unspecified atom stereocenters. The Morgan fingerprint density at radius 3 is 2.41 bits per heavy atom. The average Bonchev–Trinajstić information content (AvgIpc) is 3.32. The summed E-state index contributed by atoms with van der Waals surface area (Å²) in [5.41, 5.74) is 4.52. The monoisotopic (exact) mass is 492 g/mol. The minimum absolute atomic E-state index is 0.00467. The van der Waals surface area contributed by atoms with Gasteiger partial charge in [0.15, 0.2) is 0 Å². The Kier molecular flexibility index (Phi) is 7.46. The van der Waals surface area contributed by atoms with E-state index in [1.165, 1.54) is 41.7 Å². The topological polar surface area (TPSA) is 133 Å². The third kappa shape index (κ3) is 6.06. The molecular weight excluding hydrogens is 476 g/mol. The first-order valence-electron chi connectivity index (χ1n) is 9.04. The number of carbonyl (C=O) groups is 3. The third-order valence-corrected chi connectivity index (χ3v) is 6.56.